The van der Waals surface area contributed by atoms with Gasteiger partial charge >= 0.3 is 6.18 Å². The lowest BCUT2D eigenvalue weighted by atomic mass is 10.0. The summed E-state index contributed by atoms with van der Waals surface area (Å²) < 4.78 is 38.5. The zero-order valence-electron chi connectivity index (χ0n) is 8.18. The van der Waals surface area contributed by atoms with Gasteiger partial charge in [0.15, 0.2) is 0 Å². The summed E-state index contributed by atoms with van der Waals surface area (Å²) in [5.74, 6) is -0.166. The topological polar surface area (TPSA) is 33.1 Å². The molecule has 1 aliphatic carbocycles. The first kappa shape index (κ1) is 11.7. The molecule has 16 heavy (non-hydrogen) atoms. The number of nitrogens with zero attached hydrogens (tertiary/aromatic N) is 1. The standard InChI is InChI=1S/C10H9ClF3NO/c11-7-3-6(4-16)8(10(12,13)14)9(15-7)5-1-2-5/h3,5,16H,1-2,4H2. The summed E-state index contributed by atoms with van der Waals surface area (Å²) >= 11 is 5.63. The second-order valence-electron chi connectivity index (χ2n) is 3.79. The van der Waals surface area contributed by atoms with Crippen LogP contribution in [0.5, 0.6) is 0 Å². The number of aromatic nitrogens is 1. The van der Waals surface area contributed by atoms with Gasteiger partial charge in [0.05, 0.1) is 17.9 Å². The summed E-state index contributed by atoms with van der Waals surface area (Å²) in [6, 6.07) is 1.07. The number of hydrogen-bond donors (Lipinski definition) is 1. The Morgan fingerprint density at radius 2 is 2.06 bits per heavy atom. The molecule has 0 radical (unpaired) electrons. The highest BCUT2D eigenvalue weighted by molar-refractivity contribution is 6.29. The van der Waals surface area contributed by atoms with E-state index in [0.717, 1.165) is 6.07 Å². The van der Waals surface area contributed by atoms with E-state index in [1.54, 1.807) is 0 Å². The van der Waals surface area contributed by atoms with E-state index in [-0.39, 0.29) is 22.3 Å². The van der Waals surface area contributed by atoms with Gasteiger partial charge in [-0.05, 0) is 24.5 Å². The molecule has 1 aromatic heterocycles. The maximum atomic E-state index is 12.8. The van der Waals surface area contributed by atoms with E-state index < -0.39 is 18.3 Å². The monoisotopic (exact) mass is 251 g/mol. The predicted octanol–water partition coefficient (Wildman–Crippen LogP) is 3.12. The minimum Gasteiger partial charge on any atom is -0.392 e. The Balaban J connectivity index is 2.60. The molecule has 2 nitrogen and oxygen atoms in total. The van der Waals surface area contributed by atoms with Gasteiger partial charge < -0.3 is 5.11 Å². The van der Waals surface area contributed by atoms with Gasteiger partial charge in [0.25, 0.3) is 0 Å². The van der Waals surface area contributed by atoms with Crippen LogP contribution in [-0.2, 0) is 12.8 Å². The lowest BCUT2D eigenvalue weighted by molar-refractivity contribution is -0.139. The minimum atomic E-state index is -4.49. The summed E-state index contributed by atoms with van der Waals surface area (Å²) in [6.45, 7) is -0.684. The number of hydrogen-bond acceptors (Lipinski definition) is 2. The van der Waals surface area contributed by atoms with E-state index in [9.17, 15) is 13.2 Å². The first-order chi connectivity index (χ1) is 7.43. The van der Waals surface area contributed by atoms with Crippen molar-refractivity contribution in [3.8, 4) is 0 Å². The SMILES string of the molecule is OCc1cc(Cl)nc(C2CC2)c1C(F)(F)F. The van der Waals surface area contributed by atoms with Crippen LogP contribution in [-0.4, -0.2) is 10.1 Å². The van der Waals surface area contributed by atoms with Crippen molar-refractivity contribution in [2.75, 3.05) is 0 Å². The van der Waals surface area contributed by atoms with Crippen LogP contribution in [0.4, 0.5) is 13.2 Å². The minimum absolute atomic E-state index is 0.000972. The van der Waals surface area contributed by atoms with Crippen molar-refractivity contribution < 1.29 is 18.3 Å². The van der Waals surface area contributed by atoms with Gasteiger partial charge in [0.2, 0.25) is 0 Å². The average Bonchev–Trinajstić information content (AvgIpc) is 2.97. The van der Waals surface area contributed by atoms with E-state index in [1.165, 1.54) is 0 Å². The lowest BCUT2D eigenvalue weighted by Gasteiger charge is -2.15. The van der Waals surface area contributed by atoms with Crippen molar-refractivity contribution in [3.63, 3.8) is 0 Å². The van der Waals surface area contributed by atoms with Crippen molar-refractivity contribution in [3.05, 3.63) is 28.0 Å². The third-order valence-electron chi connectivity index (χ3n) is 2.52. The third kappa shape index (κ3) is 2.15. The summed E-state index contributed by atoms with van der Waals surface area (Å²) in [4.78, 5) is 3.74. The number of rotatable bonds is 2. The molecule has 0 bridgehead atoms. The Kier molecular flexibility index (Phi) is 2.84. The fourth-order valence-electron chi connectivity index (χ4n) is 1.69. The molecule has 1 aromatic rings. The molecule has 2 rings (SSSR count). The molecular weight excluding hydrogens is 243 g/mol. The van der Waals surface area contributed by atoms with Crippen LogP contribution in [0.2, 0.25) is 5.15 Å². The maximum Gasteiger partial charge on any atom is 0.418 e. The van der Waals surface area contributed by atoms with E-state index in [4.69, 9.17) is 16.7 Å². The molecule has 0 amide bonds. The first-order valence-corrected chi connectivity index (χ1v) is 5.18. The van der Waals surface area contributed by atoms with Gasteiger partial charge in [-0.2, -0.15) is 13.2 Å². The molecule has 0 atom stereocenters. The lowest BCUT2D eigenvalue weighted by Crippen LogP contribution is -2.14. The molecule has 0 aliphatic heterocycles. The molecule has 1 fully saturated rings. The van der Waals surface area contributed by atoms with Crippen LogP contribution >= 0.6 is 11.6 Å². The fraction of sp³-hybridized carbons (Fsp3) is 0.500. The molecule has 1 N–H and O–H groups in total. The van der Waals surface area contributed by atoms with Crippen molar-refractivity contribution in [1.29, 1.82) is 0 Å². The quantitative estimate of drug-likeness (QED) is 0.820. The summed E-state index contributed by atoms with van der Waals surface area (Å²) in [5, 5.41) is 8.95. The highest BCUT2D eigenvalue weighted by Crippen LogP contribution is 2.46. The molecule has 1 aliphatic rings. The average molecular weight is 252 g/mol. The van der Waals surface area contributed by atoms with Crippen molar-refractivity contribution in [2.45, 2.75) is 31.5 Å². The second-order valence-corrected chi connectivity index (χ2v) is 4.18. The molecular formula is C10H9ClF3NO. The van der Waals surface area contributed by atoms with Gasteiger partial charge in [-0.15, -0.1) is 0 Å². The normalized spacial score (nSPS) is 16.6. The summed E-state index contributed by atoms with van der Waals surface area (Å²) in [6.07, 6.45) is -3.10. The van der Waals surface area contributed by atoms with Crippen LogP contribution in [0.15, 0.2) is 6.07 Å². The van der Waals surface area contributed by atoms with Gasteiger partial charge in [0.1, 0.15) is 5.15 Å². The number of aliphatic hydroxyl groups is 1. The molecule has 1 saturated carbocycles. The van der Waals surface area contributed by atoms with Crippen LogP contribution in [0.1, 0.15) is 35.6 Å². The van der Waals surface area contributed by atoms with E-state index in [0.29, 0.717) is 12.8 Å². The molecule has 0 unspecified atom stereocenters. The van der Waals surface area contributed by atoms with Crippen LogP contribution in [0.25, 0.3) is 0 Å². The molecule has 88 valence electrons. The highest BCUT2D eigenvalue weighted by atomic mass is 35.5. The number of alkyl halides is 3. The molecule has 0 aromatic carbocycles. The Labute approximate surface area is 95.1 Å². The van der Waals surface area contributed by atoms with Crippen molar-refractivity contribution >= 4 is 11.6 Å². The molecule has 0 saturated heterocycles. The van der Waals surface area contributed by atoms with Crippen molar-refractivity contribution in [2.24, 2.45) is 0 Å². The van der Waals surface area contributed by atoms with Crippen LogP contribution in [0, 0.1) is 0 Å². The number of halogens is 4. The summed E-state index contributed by atoms with van der Waals surface area (Å²) in [5.41, 5.74) is -1.04. The van der Waals surface area contributed by atoms with Crippen LogP contribution < -0.4 is 0 Å². The highest BCUT2D eigenvalue weighted by Gasteiger charge is 2.41. The van der Waals surface area contributed by atoms with Gasteiger partial charge in [-0.1, -0.05) is 11.6 Å². The smallest absolute Gasteiger partial charge is 0.392 e. The Morgan fingerprint density at radius 3 is 2.50 bits per heavy atom. The fourth-order valence-corrected chi connectivity index (χ4v) is 1.91. The van der Waals surface area contributed by atoms with Crippen molar-refractivity contribution in [1.82, 2.24) is 4.98 Å². The Bertz CT molecular complexity index is 415. The maximum absolute atomic E-state index is 12.8. The molecule has 6 heteroatoms. The van der Waals surface area contributed by atoms with E-state index in [2.05, 4.69) is 4.98 Å². The second kappa shape index (κ2) is 3.89. The van der Waals surface area contributed by atoms with Gasteiger partial charge in [-0.3, -0.25) is 0 Å². The Hall–Kier alpha value is -0.810. The Morgan fingerprint density at radius 1 is 1.44 bits per heavy atom. The first-order valence-electron chi connectivity index (χ1n) is 4.81. The van der Waals surface area contributed by atoms with Gasteiger partial charge in [0, 0.05) is 5.92 Å². The largest absolute Gasteiger partial charge is 0.418 e. The van der Waals surface area contributed by atoms with Crippen LogP contribution in [0.3, 0.4) is 0 Å². The van der Waals surface area contributed by atoms with Gasteiger partial charge in [-0.25, -0.2) is 4.98 Å². The van der Waals surface area contributed by atoms with E-state index >= 15 is 0 Å². The zero-order valence-corrected chi connectivity index (χ0v) is 8.94. The zero-order chi connectivity index (χ0) is 11.9. The van der Waals surface area contributed by atoms with E-state index in [1.807, 2.05) is 0 Å². The number of aliphatic hydroxyl groups excluding tert-OH is 1. The number of pyridine rings is 1. The predicted molar refractivity (Wildman–Crippen MR) is 52.1 cm³/mol. The molecule has 1 heterocycles. The third-order valence-corrected chi connectivity index (χ3v) is 2.71. The molecule has 0 spiro atoms. The summed E-state index contributed by atoms with van der Waals surface area (Å²) in [7, 11) is 0.